The predicted octanol–water partition coefficient (Wildman–Crippen LogP) is 5.34. The van der Waals surface area contributed by atoms with Gasteiger partial charge in [-0.2, -0.15) is 5.26 Å². The maximum atomic E-state index is 13.1. The number of nitriles is 1. The van der Waals surface area contributed by atoms with E-state index in [9.17, 15) is 9.59 Å². The van der Waals surface area contributed by atoms with Crippen molar-refractivity contribution in [3.05, 3.63) is 107 Å². The smallest absolute Gasteiger partial charge is 0.333 e. The molecule has 0 saturated heterocycles. The van der Waals surface area contributed by atoms with E-state index in [4.69, 9.17) is 19.5 Å². The van der Waals surface area contributed by atoms with E-state index >= 15 is 0 Å². The van der Waals surface area contributed by atoms with Gasteiger partial charge in [0.2, 0.25) is 0 Å². The molecule has 0 heterocycles. The first kappa shape index (κ1) is 28.6. The number of anilines is 1. The van der Waals surface area contributed by atoms with Gasteiger partial charge in [0.25, 0.3) is 0 Å². The van der Waals surface area contributed by atoms with Crippen molar-refractivity contribution in [2.24, 2.45) is 0 Å². The van der Waals surface area contributed by atoms with Crippen molar-refractivity contribution in [1.82, 2.24) is 0 Å². The summed E-state index contributed by atoms with van der Waals surface area (Å²) in [5, 5.41) is 12.3. The van der Waals surface area contributed by atoms with Gasteiger partial charge in [-0.05, 0) is 67.4 Å². The summed E-state index contributed by atoms with van der Waals surface area (Å²) in [5.41, 5.74) is 4.26. The van der Waals surface area contributed by atoms with Crippen molar-refractivity contribution < 1.29 is 23.8 Å². The molecule has 0 fully saturated rings. The summed E-state index contributed by atoms with van der Waals surface area (Å²) in [7, 11) is 1.31. The van der Waals surface area contributed by atoms with E-state index < -0.39 is 18.0 Å². The van der Waals surface area contributed by atoms with E-state index in [-0.39, 0.29) is 18.8 Å². The Labute approximate surface area is 229 Å². The topological polar surface area (TPSA) is 97.6 Å². The second kappa shape index (κ2) is 14.1. The summed E-state index contributed by atoms with van der Waals surface area (Å²) in [6.07, 6.45) is 0.689. The number of hydrogen-bond donors (Lipinski definition) is 1. The minimum absolute atomic E-state index is 0.0157. The Bertz CT molecular complexity index is 1430. The number of methoxy groups -OCH3 is 1. The molecule has 1 unspecified atom stereocenters. The quantitative estimate of drug-likeness (QED) is 0.166. The Balaban J connectivity index is 2.08. The first-order chi connectivity index (χ1) is 18.9. The van der Waals surface area contributed by atoms with Gasteiger partial charge in [-0.15, -0.1) is 0 Å². The molecule has 0 saturated carbocycles. The summed E-state index contributed by atoms with van der Waals surface area (Å²) < 4.78 is 16.5. The minimum atomic E-state index is -0.945. The minimum Gasteiger partial charge on any atom is -0.488 e. The van der Waals surface area contributed by atoms with E-state index in [1.165, 1.54) is 7.11 Å². The molecule has 0 radical (unpaired) electrons. The number of rotatable bonds is 10. The molecule has 0 bridgehead atoms. The molecule has 1 N–H and O–H groups in total. The Morgan fingerprint density at radius 3 is 2.33 bits per heavy atom. The molecule has 3 aromatic rings. The average Bonchev–Trinajstić information content (AvgIpc) is 2.97. The lowest BCUT2D eigenvalue weighted by atomic mass is 9.96. The zero-order valence-electron chi connectivity index (χ0n) is 22.2. The first-order valence-electron chi connectivity index (χ1n) is 12.4. The first-order valence-corrected chi connectivity index (χ1v) is 12.4. The number of nitrogens with one attached hydrogen (secondary N) is 1. The van der Waals surface area contributed by atoms with Crippen LogP contribution in [0, 0.1) is 23.2 Å². The van der Waals surface area contributed by atoms with Gasteiger partial charge in [-0.3, -0.25) is 0 Å². The third kappa shape index (κ3) is 7.99. The van der Waals surface area contributed by atoms with Crippen LogP contribution in [0.5, 0.6) is 5.75 Å². The van der Waals surface area contributed by atoms with Crippen molar-refractivity contribution in [3.8, 4) is 23.7 Å². The summed E-state index contributed by atoms with van der Waals surface area (Å²) in [6, 6.07) is 21.2. The lowest BCUT2D eigenvalue weighted by Crippen LogP contribution is -2.24. The molecule has 39 heavy (non-hydrogen) atoms. The average molecular weight is 523 g/mol. The van der Waals surface area contributed by atoms with Crippen LogP contribution in [0.25, 0.3) is 0 Å². The van der Waals surface area contributed by atoms with Crippen LogP contribution in [-0.2, 0) is 25.5 Å². The standard InChI is InChI=1S/C32H30N2O5/c1-5-23-19-26(14-11-24-9-7-6-8-10-24)30(38-17-18-39-31(35)22(2)3)28(20-23)29(32(36)37-4)34-27-15-12-25(21-33)13-16-27/h6-10,12-13,15-16,19-20,29,34H,2,5,17-18H2,1,3-4H3. The van der Waals surface area contributed by atoms with Crippen LogP contribution in [0.1, 0.15) is 47.7 Å². The third-order valence-electron chi connectivity index (χ3n) is 5.69. The number of aryl methyl sites for hydroxylation is 1. The highest BCUT2D eigenvalue weighted by Crippen LogP contribution is 2.34. The van der Waals surface area contributed by atoms with E-state index in [1.807, 2.05) is 49.4 Å². The Morgan fingerprint density at radius 2 is 1.72 bits per heavy atom. The van der Waals surface area contributed by atoms with E-state index in [2.05, 4.69) is 29.8 Å². The number of hydrogen-bond acceptors (Lipinski definition) is 7. The lowest BCUT2D eigenvalue weighted by Gasteiger charge is -2.23. The van der Waals surface area contributed by atoms with Crippen LogP contribution in [0.15, 0.2) is 78.9 Å². The molecule has 3 rings (SSSR count). The highest BCUT2D eigenvalue weighted by Gasteiger charge is 2.27. The van der Waals surface area contributed by atoms with Crippen LogP contribution in [0.3, 0.4) is 0 Å². The highest BCUT2D eigenvalue weighted by atomic mass is 16.6. The van der Waals surface area contributed by atoms with Gasteiger partial charge in [0.05, 0.1) is 24.3 Å². The van der Waals surface area contributed by atoms with Crippen molar-refractivity contribution in [2.75, 3.05) is 25.6 Å². The molecule has 0 spiro atoms. The van der Waals surface area contributed by atoms with Crippen LogP contribution >= 0.6 is 0 Å². The molecule has 0 aliphatic carbocycles. The maximum absolute atomic E-state index is 13.1. The monoisotopic (exact) mass is 522 g/mol. The normalized spacial score (nSPS) is 10.7. The Kier molecular flexibility index (Phi) is 10.3. The van der Waals surface area contributed by atoms with Gasteiger partial charge in [0, 0.05) is 22.4 Å². The van der Waals surface area contributed by atoms with Gasteiger partial charge >= 0.3 is 11.9 Å². The van der Waals surface area contributed by atoms with Gasteiger partial charge in [0.15, 0.2) is 6.04 Å². The van der Waals surface area contributed by atoms with Crippen molar-refractivity contribution in [2.45, 2.75) is 26.3 Å². The van der Waals surface area contributed by atoms with Crippen LogP contribution < -0.4 is 10.1 Å². The fourth-order valence-corrected chi connectivity index (χ4v) is 3.64. The molecule has 0 aliphatic rings. The van der Waals surface area contributed by atoms with Crippen LogP contribution in [0.4, 0.5) is 5.69 Å². The number of carbonyl (C=O) groups is 2. The fourth-order valence-electron chi connectivity index (χ4n) is 3.64. The predicted molar refractivity (Wildman–Crippen MR) is 149 cm³/mol. The summed E-state index contributed by atoms with van der Waals surface area (Å²) in [5.74, 6) is 5.67. The lowest BCUT2D eigenvalue weighted by molar-refractivity contribution is -0.141. The number of benzene rings is 3. The number of esters is 2. The van der Waals surface area contributed by atoms with Crippen molar-refractivity contribution >= 4 is 17.6 Å². The van der Waals surface area contributed by atoms with E-state index in [0.29, 0.717) is 34.5 Å². The van der Waals surface area contributed by atoms with Crippen molar-refractivity contribution in [1.29, 1.82) is 5.26 Å². The molecule has 1 atom stereocenters. The SMILES string of the molecule is C=C(C)C(=O)OCCOc1c(C#Cc2ccccc2)cc(CC)cc1C(Nc1ccc(C#N)cc1)C(=O)OC. The van der Waals surface area contributed by atoms with Gasteiger partial charge in [0.1, 0.15) is 19.0 Å². The fraction of sp³-hybridized carbons (Fsp3) is 0.219. The second-order valence-corrected chi connectivity index (χ2v) is 8.59. The molecule has 7 heteroatoms. The second-order valence-electron chi connectivity index (χ2n) is 8.59. The number of nitrogens with zero attached hydrogens (tertiary/aromatic N) is 1. The van der Waals surface area contributed by atoms with Gasteiger partial charge in [-0.25, -0.2) is 9.59 Å². The van der Waals surface area contributed by atoms with Crippen molar-refractivity contribution in [3.63, 3.8) is 0 Å². The summed E-state index contributed by atoms with van der Waals surface area (Å²) in [6.45, 7) is 7.17. The third-order valence-corrected chi connectivity index (χ3v) is 5.69. The summed E-state index contributed by atoms with van der Waals surface area (Å²) >= 11 is 0. The van der Waals surface area contributed by atoms with Crippen LogP contribution in [0.2, 0.25) is 0 Å². The largest absolute Gasteiger partial charge is 0.488 e. The molecule has 7 nitrogen and oxygen atoms in total. The highest BCUT2D eigenvalue weighted by molar-refractivity contribution is 5.87. The molecule has 0 aromatic heterocycles. The molecule has 3 aromatic carbocycles. The number of ether oxygens (including phenoxy) is 3. The molecular weight excluding hydrogens is 492 g/mol. The van der Waals surface area contributed by atoms with E-state index in [0.717, 1.165) is 11.1 Å². The van der Waals surface area contributed by atoms with Crippen LogP contribution in [-0.4, -0.2) is 32.3 Å². The van der Waals surface area contributed by atoms with E-state index in [1.54, 1.807) is 31.2 Å². The molecular formula is C32H30N2O5. The van der Waals surface area contributed by atoms with Gasteiger partial charge < -0.3 is 19.5 Å². The molecule has 198 valence electrons. The zero-order chi connectivity index (χ0) is 28.2. The summed E-state index contributed by atoms with van der Waals surface area (Å²) in [4.78, 5) is 24.9. The Morgan fingerprint density at radius 1 is 1.00 bits per heavy atom. The number of carbonyl (C=O) groups excluding carboxylic acids is 2. The zero-order valence-corrected chi connectivity index (χ0v) is 22.2. The molecule has 0 amide bonds. The van der Waals surface area contributed by atoms with Gasteiger partial charge in [-0.1, -0.05) is 43.5 Å². The maximum Gasteiger partial charge on any atom is 0.333 e. The molecule has 0 aliphatic heterocycles. The Hall–Kier alpha value is -5.01.